The van der Waals surface area contributed by atoms with Gasteiger partial charge in [0.05, 0.1) is 6.61 Å². The van der Waals surface area contributed by atoms with Crippen LogP contribution in [0.25, 0.3) is 11.1 Å². The fourth-order valence-corrected chi connectivity index (χ4v) is 3.51. The minimum absolute atomic E-state index is 0.112. The molecule has 4 rings (SSSR count). The van der Waals surface area contributed by atoms with Gasteiger partial charge in [-0.1, -0.05) is 35.5 Å². The van der Waals surface area contributed by atoms with Crippen molar-refractivity contribution in [1.82, 2.24) is 20.0 Å². The summed E-state index contributed by atoms with van der Waals surface area (Å²) in [6.45, 7) is 4.97. The number of ether oxygens (including phenoxy) is 1. The number of aromatic nitrogens is 3. The van der Waals surface area contributed by atoms with E-state index in [-0.39, 0.29) is 24.1 Å². The van der Waals surface area contributed by atoms with Crippen LogP contribution in [0, 0.1) is 0 Å². The van der Waals surface area contributed by atoms with Gasteiger partial charge in [-0.05, 0) is 25.3 Å². The molecule has 28 heavy (non-hydrogen) atoms. The van der Waals surface area contributed by atoms with Crippen LogP contribution in [0.2, 0.25) is 0 Å². The van der Waals surface area contributed by atoms with Crippen molar-refractivity contribution >= 4 is 22.9 Å². The number of hydrogen-bond acceptors (Lipinski definition) is 8. The van der Waals surface area contributed by atoms with Crippen molar-refractivity contribution in [2.75, 3.05) is 25.0 Å². The lowest BCUT2D eigenvalue weighted by Gasteiger charge is -2.32. The Kier molecular flexibility index (Phi) is 5.48. The van der Waals surface area contributed by atoms with Gasteiger partial charge in [0.15, 0.2) is 0 Å². The van der Waals surface area contributed by atoms with E-state index in [2.05, 4.69) is 49.6 Å². The standard InChI is InChI=1S/C20H23N5O3/c1-2-27-20(26)17-16-18(21-13-22-19(16)28-24-17)23-15-8-10-25(11-9-15)12-14-6-4-3-5-7-14/h3-7,13,15H,2,8-12H2,1H3,(H,21,22,23). The third-order valence-corrected chi connectivity index (χ3v) is 4.92. The van der Waals surface area contributed by atoms with Gasteiger partial charge in [0.25, 0.3) is 5.71 Å². The van der Waals surface area contributed by atoms with Crippen LogP contribution >= 0.6 is 0 Å². The monoisotopic (exact) mass is 381 g/mol. The Labute approximate surface area is 162 Å². The number of hydrogen-bond donors (Lipinski definition) is 1. The van der Waals surface area contributed by atoms with Crippen LogP contribution in [0.5, 0.6) is 0 Å². The van der Waals surface area contributed by atoms with Crippen molar-refractivity contribution in [2.45, 2.75) is 32.4 Å². The minimum Gasteiger partial charge on any atom is -0.461 e. The molecule has 1 aliphatic heterocycles. The van der Waals surface area contributed by atoms with Crippen molar-refractivity contribution in [3.63, 3.8) is 0 Å². The molecule has 0 bridgehead atoms. The van der Waals surface area contributed by atoms with Gasteiger partial charge >= 0.3 is 5.97 Å². The number of nitrogens with one attached hydrogen (secondary N) is 1. The lowest BCUT2D eigenvalue weighted by atomic mass is 10.0. The topological polar surface area (TPSA) is 93.4 Å². The smallest absolute Gasteiger partial charge is 0.361 e. The van der Waals surface area contributed by atoms with Gasteiger partial charge in [-0.15, -0.1) is 0 Å². The second kappa shape index (κ2) is 8.35. The molecule has 0 unspecified atom stereocenters. The summed E-state index contributed by atoms with van der Waals surface area (Å²) < 4.78 is 10.2. The van der Waals surface area contributed by atoms with Crippen LogP contribution in [0.15, 0.2) is 41.2 Å². The van der Waals surface area contributed by atoms with Crippen LogP contribution in [0.3, 0.4) is 0 Å². The Balaban J connectivity index is 1.43. The Hall–Kier alpha value is -3.00. The first-order chi connectivity index (χ1) is 13.7. The van der Waals surface area contributed by atoms with Gasteiger partial charge in [-0.25, -0.2) is 9.78 Å². The van der Waals surface area contributed by atoms with E-state index in [9.17, 15) is 4.79 Å². The maximum atomic E-state index is 12.1. The highest BCUT2D eigenvalue weighted by atomic mass is 16.5. The summed E-state index contributed by atoms with van der Waals surface area (Å²) in [6.07, 6.45) is 3.38. The largest absolute Gasteiger partial charge is 0.461 e. The van der Waals surface area contributed by atoms with E-state index in [4.69, 9.17) is 9.26 Å². The molecule has 0 aliphatic carbocycles. The fraction of sp³-hybridized carbons (Fsp3) is 0.400. The highest BCUT2D eigenvalue weighted by Gasteiger charge is 2.25. The molecule has 0 amide bonds. The average Bonchev–Trinajstić information content (AvgIpc) is 3.16. The first-order valence-electron chi connectivity index (χ1n) is 9.55. The number of rotatable bonds is 6. The summed E-state index contributed by atoms with van der Waals surface area (Å²) in [5.41, 5.74) is 1.72. The van der Waals surface area contributed by atoms with E-state index in [1.807, 2.05) is 6.07 Å². The molecule has 8 heteroatoms. The van der Waals surface area contributed by atoms with Gasteiger partial charge in [-0.3, -0.25) is 4.90 Å². The number of carbonyl (C=O) groups is 1. The van der Waals surface area contributed by atoms with E-state index in [1.165, 1.54) is 11.9 Å². The third kappa shape index (κ3) is 3.96. The first kappa shape index (κ1) is 18.4. The molecule has 3 aromatic rings. The molecule has 0 radical (unpaired) electrons. The maximum absolute atomic E-state index is 12.1. The van der Waals surface area contributed by atoms with Crippen molar-refractivity contribution in [3.8, 4) is 0 Å². The lowest BCUT2D eigenvalue weighted by molar-refractivity contribution is 0.0517. The fourth-order valence-electron chi connectivity index (χ4n) is 3.51. The summed E-state index contributed by atoms with van der Waals surface area (Å²) in [5, 5.41) is 7.75. The number of esters is 1. The van der Waals surface area contributed by atoms with Gasteiger partial charge in [0.1, 0.15) is 17.5 Å². The summed E-state index contributed by atoms with van der Waals surface area (Å²) in [6, 6.07) is 10.8. The predicted molar refractivity (Wildman–Crippen MR) is 104 cm³/mol. The third-order valence-electron chi connectivity index (χ3n) is 4.92. The zero-order chi connectivity index (χ0) is 19.3. The van der Waals surface area contributed by atoms with Gasteiger partial charge in [-0.2, -0.15) is 4.98 Å². The molecule has 1 saturated heterocycles. The number of piperidine rings is 1. The maximum Gasteiger partial charge on any atom is 0.361 e. The van der Waals surface area contributed by atoms with Crippen LogP contribution in [-0.2, 0) is 11.3 Å². The van der Waals surface area contributed by atoms with Crippen LogP contribution in [0.4, 0.5) is 5.82 Å². The number of nitrogens with zero attached hydrogens (tertiary/aromatic N) is 4. The molecule has 0 spiro atoms. The zero-order valence-corrected chi connectivity index (χ0v) is 15.8. The van der Waals surface area contributed by atoms with E-state index < -0.39 is 5.97 Å². The van der Waals surface area contributed by atoms with E-state index in [1.54, 1.807) is 6.92 Å². The van der Waals surface area contributed by atoms with Crippen molar-refractivity contribution in [3.05, 3.63) is 47.9 Å². The van der Waals surface area contributed by atoms with Crippen molar-refractivity contribution in [2.24, 2.45) is 0 Å². The molecule has 146 valence electrons. The molecule has 1 aliphatic rings. The van der Waals surface area contributed by atoms with Crippen molar-refractivity contribution in [1.29, 1.82) is 0 Å². The average molecular weight is 381 g/mol. The minimum atomic E-state index is -0.531. The second-order valence-electron chi connectivity index (χ2n) is 6.83. The van der Waals surface area contributed by atoms with Crippen LogP contribution in [0.1, 0.15) is 35.8 Å². The molecule has 0 saturated carbocycles. The molecule has 1 aromatic carbocycles. The molecular formula is C20H23N5O3. The Bertz CT molecular complexity index is 935. The quantitative estimate of drug-likeness (QED) is 0.652. The second-order valence-corrected chi connectivity index (χ2v) is 6.83. The highest BCUT2D eigenvalue weighted by Crippen LogP contribution is 2.26. The Morgan fingerprint density at radius 1 is 1.25 bits per heavy atom. The molecule has 0 atom stereocenters. The SMILES string of the molecule is CCOC(=O)c1noc2ncnc(NC3CCN(Cc4ccccc4)CC3)c12. The zero-order valence-electron chi connectivity index (χ0n) is 15.8. The van der Waals surface area contributed by atoms with Crippen LogP contribution in [-0.4, -0.2) is 51.7 Å². The van der Waals surface area contributed by atoms with Gasteiger partial charge < -0.3 is 14.6 Å². The van der Waals surface area contributed by atoms with Gasteiger partial charge in [0.2, 0.25) is 5.69 Å². The summed E-state index contributed by atoms with van der Waals surface area (Å²) >= 11 is 0. The summed E-state index contributed by atoms with van der Waals surface area (Å²) in [4.78, 5) is 23.0. The first-order valence-corrected chi connectivity index (χ1v) is 9.55. The lowest BCUT2D eigenvalue weighted by Crippen LogP contribution is -2.38. The molecule has 3 heterocycles. The normalized spacial score (nSPS) is 15.6. The van der Waals surface area contributed by atoms with Gasteiger partial charge in [0, 0.05) is 25.7 Å². The number of fused-ring (bicyclic) bond motifs is 1. The number of anilines is 1. The van der Waals surface area contributed by atoms with Crippen LogP contribution < -0.4 is 5.32 Å². The van der Waals surface area contributed by atoms with E-state index >= 15 is 0 Å². The highest BCUT2D eigenvalue weighted by molar-refractivity contribution is 6.04. The summed E-state index contributed by atoms with van der Waals surface area (Å²) in [7, 11) is 0. The predicted octanol–water partition coefficient (Wildman–Crippen LogP) is 2.87. The number of likely N-dealkylation sites (tertiary alicyclic amines) is 1. The molecule has 2 aromatic heterocycles. The Morgan fingerprint density at radius 2 is 2.04 bits per heavy atom. The van der Waals surface area contributed by atoms with E-state index in [0.29, 0.717) is 11.2 Å². The summed E-state index contributed by atoms with van der Waals surface area (Å²) in [5.74, 6) is 0.0348. The molecule has 1 fully saturated rings. The number of benzene rings is 1. The van der Waals surface area contributed by atoms with Crippen molar-refractivity contribution < 1.29 is 14.1 Å². The van der Waals surface area contributed by atoms with E-state index in [0.717, 1.165) is 32.5 Å². The molecular weight excluding hydrogens is 358 g/mol. The molecule has 8 nitrogen and oxygen atoms in total. The Morgan fingerprint density at radius 3 is 2.79 bits per heavy atom. The molecule has 1 N–H and O–H groups in total. The number of carbonyl (C=O) groups excluding carboxylic acids is 1.